The van der Waals surface area contributed by atoms with Crippen LogP contribution in [0.1, 0.15) is 76.0 Å². The Labute approximate surface area is 256 Å². The van der Waals surface area contributed by atoms with Crippen molar-refractivity contribution in [2.45, 2.75) is 73.1 Å². The van der Waals surface area contributed by atoms with Gasteiger partial charge >= 0.3 is 0 Å². The van der Waals surface area contributed by atoms with E-state index in [1.165, 1.54) is 6.07 Å². The summed E-state index contributed by atoms with van der Waals surface area (Å²) in [6.45, 7) is 14.0. The molecule has 1 aliphatic heterocycles. The third-order valence-electron chi connectivity index (χ3n) is 8.60. The summed E-state index contributed by atoms with van der Waals surface area (Å²) in [4.78, 5) is 34.1. The average Bonchev–Trinajstić information content (AvgIpc) is 3.69. The van der Waals surface area contributed by atoms with Crippen LogP contribution in [-0.4, -0.2) is 85.5 Å². The molecular weight excluding hydrogens is 554 g/mol. The second-order valence-electron chi connectivity index (χ2n) is 11.6. The fourth-order valence-electron chi connectivity index (χ4n) is 5.44. The number of hydrogen-bond acceptors (Lipinski definition) is 6. The molecule has 1 aromatic carbocycles. The highest BCUT2D eigenvalue weighted by molar-refractivity contribution is 6.11. The lowest BCUT2D eigenvalue weighted by atomic mass is 10.0. The number of allylic oxidation sites excluding steroid dienone is 1. The Bertz CT molecular complexity index is 1120. The minimum Gasteiger partial charge on any atom is -0.400 e. The van der Waals surface area contributed by atoms with Crippen molar-refractivity contribution in [1.82, 2.24) is 9.80 Å². The minimum absolute atomic E-state index is 0.0747. The van der Waals surface area contributed by atoms with Crippen molar-refractivity contribution in [2.24, 2.45) is 28.5 Å². The molecule has 2 amide bonds. The van der Waals surface area contributed by atoms with Gasteiger partial charge in [0.2, 0.25) is 5.91 Å². The van der Waals surface area contributed by atoms with Crippen LogP contribution in [0.3, 0.4) is 0 Å². The lowest BCUT2D eigenvalue weighted by Crippen LogP contribution is -2.43. The zero-order valence-electron chi connectivity index (χ0n) is 26.9. The third kappa shape index (κ3) is 10.4. The largest absolute Gasteiger partial charge is 0.400 e. The number of nitrogens with zero attached hydrogens (tertiary/aromatic N) is 3. The van der Waals surface area contributed by atoms with Gasteiger partial charge in [-0.25, -0.2) is 8.78 Å². The molecule has 3 unspecified atom stereocenters. The zero-order valence-corrected chi connectivity index (χ0v) is 26.9. The fraction of sp³-hybridized carbons (Fsp3) is 0.667. The number of amides is 2. The maximum atomic E-state index is 12.9. The van der Waals surface area contributed by atoms with Crippen LogP contribution in [-0.2, 0) is 14.3 Å². The van der Waals surface area contributed by atoms with Gasteiger partial charge < -0.3 is 25.4 Å². The molecule has 2 saturated carbocycles. The van der Waals surface area contributed by atoms with Crippen molar-refractivity contribution in [1.29, 1.82) is 0 Å². The first-order valence-electron chi connectivity index (χ1n) is 15.6. The molecule has 0 spiro atoms. The van der Waals surface area contributed by atoms with Crippen LogP contribution in [0.2, 0.25) is 0 Å². The lowest BCUT2D eigenvalue weighted by molar-refractivity contribution is -0.131. The number of hydrogen-bond donors (Lipinski definition) is 2. The molecule has 0 aromatic heterocycles. The van der Waals surface area contributed by atoms with Crippen LogP contribution in [0, 0.1) is 31.6 Å². The minimum atomic E-state index is -2.35. The standard InChI is InChI=1S/C23H38N4O3.C9H10F2.CH4O/c1-4-7-26(8-6-16(3)5-2)20(28)15-25-19-14-17-13-18(17)21(19)22(24)23(29)27-9-11-30-12-10-27;1-6-4-3-5-8(7(6)2)9(10)11;1-2/h16-18H,4-15,24H2,1-3H3;3-5,9H,1-2H3;2H,1H3/b22-21-,25-19?;;. The van der Waals surface area contributed by atoms with Crippen LogP contribution in [0.25, 0.3) is 0 Å². The monoisotopic (exact) mass is 606 g/mol. The number of halogens is 2. The van der Waals surface area contributed by atoms with Gasteiger partial charge in [-0.1, -0.05) is 45.4 Å². The normalized spacial score (nSPS) is 21.7. The molecule has 2 aliphatic carbocycles. The Kier molecular flexibility index (Phi) is 15.3. The van der Waals surface area contributed by atoms with Crippen LogP contribution < -0.4 is 5.73 Å². The number of aliphatic hydroxyl groups is 1. The molecule has 10 heteroatoms. The molecule has 8 nitrogen and oxygen atoms in total. The zero-order chi connectivity index (χ0) is 32.1. The summed E-state index contributed by atoms with van der Waals surface area (Å²) < 4.78 is 29.8. The Morgan fingerprint density at radius 3 is 2.42 bits per heavy atom. The first kappa shape index (κ1) is 36.3. The summed E-state index contributed by atoms with van der Waals surface area (Å²) in [6.07, 6.45) is 2.66. The number of carbonyl (C=O) groups is 2. The average molecular weight is 607 g/mol. The van der Waals surface area contributed by atoms with Crippen molar-refractivity contribution in [3.63, 3.8) is 0 Å². The quantitative estimate of drug-likeness (QED) is 0.362. The smallest absolute Gasteiger partial charge is 0.270 e. The molecule has 1 aromatic rings. The second-order valence-corrected chi connectivity index (χ2v) is 11.6. The Morgan fingerprint density at radius 1 is 1.16 bits per heavy atom. The number of nitrogens with two attached hydrogens (primary N) is 1. The number of morpholine rings is 1. The Morgan fingerprint density at radius 2 is 1.84 bits per heavy atom. The van der Waals surface area contributed by atoms with E-state index in [1.54, 1.807) is 17.9 Å². The van der Waals surface area contributed by atoms with E-state index in [9.17, 15) is 18.4 Å². The summed E-state index contributed by atoms with van der Waals surface area (Å²) in [5.41, 5.74) is 10.2. The van der Waals surface area contributed by atoms with E-state index in [4.69, 9.17) is 15.6 Å². The Hall–Kier alpha value is -2.85. The van der Waals surface area contributed by atoms with Crippen molar-refractivity contribution in [2.75, 3.05) is 53.0 Å². The van der Waals surface area contributed by atoms with Gasteiger partial charge in [0.25, 0.3) is 12.3 Å². The van der Waals surface area contributed by atoms with E-state index in [-0.39, 0.29) is 23.9 Å². The van der Waals surface area contributed by atoms with Crippen LogP contribution in [0.5, 0.6) is 0 Å². The van der Waals surface area contributed by atoms with Gasteiger partial charge in [0.05, 0.1) is 13.2 Å². The van der Waals surface area contributed by atoms with E-state index in [0.717, 1.165) is 69.2 Å². The summed E-state index contributed by atoms with van der Waals surface area (Å²) >= 11 is 0. The fourth-order valence-corrected chi connectivity index (χ4v) is 5.44. The summed E-state index contributed by atoms with van der Waals surface area (Å²) in [5.74, 6) is 1.47. The first-order chi connectivity index (χ1) is 20.6. The maximum Gasteiger partial charge on any atom is 0.270 e. The van der Waals surface area contributed by atoms with Crippen molar-refractivity contribution >= 4 is 17.5 Å². The molecule has 1 saturated heterocycles. The first-order valence-corrected chi connectivity index (χ1v) is 15.6. The molecule has 3 N–H and O–H groups in total. The maximum absolute atomic E-state index is 12.9. The molecule has 242 valence electrons. The Balaban J connectivity index is 0.000000415. The number of benzene rings is 1. The highest BCUT2D eigenvalue weighted by Gasteiger charge is 2.50. The number of ether oxygens (including phenoxy) is 1. The topological polar surface area (TPSA) is 108 Å². The predicted octanol–water partition coefficient (Wildman–Crippen LogP) is 5.06. The third-order valence-corrected chi connectivity index (χ3v) is 8.60. The molecule has 0 radical (unpaired) electrons. The van der Waals surface area contributed by atoms with Gasteiger partial charge in [0.15, 0.2) is 0 Å². The van der Waals surface area contributed by atoms with Gasteiger partial charge in [-0.2, -0.15) is 0 Å². The number of rotatable bonds is 10. The van der Waals surface area contributed by atoms with Crippen LogP contribution >= 0.6 is 0 Å². The number of alkyl halides is 2. The summed E-state index contributed by atoms with van der Waals surface area (Å²) in [7, 11) is 1.00. The van der Waals surface area contributed by atoms with E-state index in [0.29, 0.717) is 55.3 Å². The van der Waals surface area contributed by atoms with E-state index < -0.39 is 6.43 Å². The van der Waals surface area contributed by atoms with Gasteiger partial charge in [-0.15, -0.1) is 0 Å². The SMILES string of the molecule is CCCN(CCC(C)CC)C(=O)CN=C1CC2CC2/C1=C(/N)C(=O)N1CCOCC1.CO.Cc1cccc(C(F)F)c1C. The molecule has 43 heavy (non-hydrogen) atoms. The molecule has 1 heterocycles. The highest BCUT2D eigenvalue weighted by atomic mass is 19.3. The van der Waals surface area contributed by atoms with Crippen molar-refractivity contribution in [3.8, 4) is 0 Å². The number of aryl methyl sites for hydroxylation is 1. The van der Waals surface area contributed by atoms with E-state index in [2.05, 4.69) is 25.8 Å². The number of aliphatic imine (C=N–C) groups is 1. The molecule has 0 bridgehead atoms. The van der Waals surface area contributed by atoms with Crippen LogP contribution in [0.15, 0.2) is 34.5 Å². The van der Waals surface area contributed by atoms with Crippen LogP contribution in [0.4, 0.5) is 8.78 Å². The van der Waals surface area contributed by atoms with Gasteiger partial charge in [-0.3, -0.25) is 14.6 Å². The number of fused-ring (bicyclic) bond motifs is 1. The highest BCUT2D eigenvalue weighted by Crippen LogP contribution is 2.54. The number of aliphatic hydroxyl groups excluding tert-OH is 1. The van der Waals surface area contributed by atoms with Crippen molar-refractivity contribution in [3.05, 3.63) is 46.2 Å². The lowest BCUT2D eigenvalue weighted by Gasteiger charge is -2.27. The van der Waals surface area contributed by atoms with E-state index >= 15 is 0 Å². The molecule has 3 fully saturated rings. The second kappa shape index (κ2) is 18.1. The molecule has 4 rings (SSSR count). The molecule has 3 atom stereocenters. The van der Waals surface area contributed by atoms with Crippen molar-refractivity contribution < 1.29 is 28.2 Å². The molecular formula is C33H52F2N4O4. The van der Waals surface area contributed by atoms with Gasteiger partial charge in [-0.05, 0) is 68.4 Å². The van der Waals surface area contributed by atoms with E-state index in [1.807, 2.05) is 17.9 Å². The predicted molar refractivity (Wildman–Crippen MR) is 167 cm³/mol. The molecule has 3 aliphatic rings. The van der Waals surface area contributed by atoms with Gasteiger partial charge in [0, 0.05) is 50.1 Å². The van der Waals surface area contributed by atoms with Gasteiger partial charge in [0.1, 0.15) is 12.2 Å². The summed E-state index contributed by atoms with van der Waals surface area (Å²) in [5, 5.41) is 7.00. The summed E-state index contributed by atoms with van der Waals surface area (Å²) in [6, 6.07) is 4.96. The number of carbonyl (C=O) groups excluding carboxylic acids is 2.